The first-order valence-electron chi connectivity index (χ1n) is 7.56. The van der Waals surface area contributed by atoms with Crippen molar-refractivity contribution >= 4 is 28.6 Å². The van der Waals surface area contributed by atoms with Crippen LogP contribution in [0.1, 0.15) is 17.3 Å². The molecule has 0 bridgehead atoms. The van der Waals surface area contributed by atoms with E-state index in [0.717, 1.165) is 5.69 Å². The molecule has 0 aromatic heterocycles. The Kier molecular flexibility index (Phi) is 6.77. The highest BCUT2D eigenvalue weighted by Gasteiger charge is 2.11. The first kappa shape index (κ1) is 18.0. The van der Waals surface area contributed by atoms with Crippen molar-refractivity contribution in [2.75, 3.05) is 29.3 Å². The lowest BCUT2D eigenvalue weighted by Crippen LogP contribution is -2.30. The van der Waals surface area contributed by atoms with Crippen molar-refractivity contribution in [1.29, 1.82) is 0 Å². The smallest absolute Gasteiger partial charge is 0.338 e. The number of hydrogen-bond donors (Lipinski definition) is 2. The molecular formula is C17H20N2O4S. The first-order chi connectivity index (χ1) is 11.6. The van der Waals surface area contributed by atoms with Crippen LogP contribution in [0.15, 0.2) is 54.6 Å². The quantitative estimate of drug-likeness (QED) is 0.566. The molecule has 0 spiro atoms. The molecule has 0 amide bonds. The molecule has 1 atom stereocenters. The summed E-state index contributed by atoms with van der Waals surface area (Å²) in [5.74, 6) is -0.352. The van der Waals surface area contributed by atoms with E-state index in [1.165, 1.54) is 4.31 Å². The molecule has 0 aliphatic rings. The van der Waals surface area contributed by atoms with Gasteiger partial charge in [0.1, 0.15) is 0 Å². The lowest BCUT2D eigenvalue weighted by atomic mass is 10.2. The Morgan fingerprint density at radius 3 is 2.42 bits per heavy atom. The monoisotopic (exact) mass is 348 g/mol. The number of hydrogen-bond acceptors (Lipinski definition) is 4. The topological polar surface area (TPSA) is 78.9 Å². The molecule has 0 aliphatic carbocycles. The SMILES string of the molecule is CCOC(=O)c1ccc(NCCN(c2ccccc2)S(=O)O)cc1. The average molecular weight is 348 g/mol. The van der Waals surface area contributed by atoms with Crippen LogP contribution < -0.4 is 9.62 Å². The summed E-state index contributed by atoms with van der Waals surface area (Å²) in [6, 6.07) is 16.0. The largest absolute Gasteiger partial charge is 0.462 e. The second-order valence-corrected chi connectivity index (χ2v) is 5.80. The number of nitrogens with zero attached hydrogens (tertiary/aromatic N) is 1. The van der Waals surface area contributed by atoms with Gasteiger partial charge in [-0.05, 0) is 43.3 Å². The van der Waals surface area contributed by atoms with Gasteiger partial charge in [-0.25, -0.2) is 9.00 Å². The number of esters is 1. The second-order valence-electron chi connectivity index (χ2n) is 4.89. The Morgan fingerprint density at radius 2 is 1.83 bits per heavy atom. The molecule has 1 unspecified atom stereocenters. The lowest BCUT2D eigenvalue weighted by Gasteiger charge is -2.20. The summed E-state index contributed by atoms with van der Waals surface area (Å²) in [7, 11) is 0. The fraction of sp³-hybridized carbons (Fsp3) is 0.235. The molecule has 2 aromatic rings. The Bertz CT molecular complexity index is 677. The molecule has 2 rings (SSSR count). The first-order valence-corrected chi connectivity index (χ1v) is 8.62. The number of anilines is 2. The van der Waals surface area contributed by atoms with Crippen LogP contribution in [0.3, 0.4) is 0 Å². The van der Waals surface area contributed by atoms with E-state index in [0.29, 0.717) is 30.9 Å². The van der Waals surface area contributed by atoms with E-state index in [2.05, 4.69) is 5.32 Å². The van der Waals surface area contributed by atoms with Crippen LogP contribution in [0, 0.1) is 0 Å². The van der Waals surface area contributed by atoms with E-state index in [9.17, 15) is 13.6 Å². The van der Waals surface area contributed by atoms with Crippen LogP contribution in [-0.4, -0.2) is 34.4 Å². The Labute approximate surface area is 143 Å². The maximum atomic E-state index is 11.6. The lowest BCUT2D eigenvalue weighted by molar-refractivity contribution is 0.0526. The summed E-state index contributed by atoms with van der Waals surface area (Å²) >= 11 is -2.09. The molecule has 0 fully saturated rings. The Balaban J connectivity index is 1.90. The van der Waals surface area contributed by atoms with Crippen molar-refractivity contribution in [3.05, 3.63) is 60.2 Å². The Hall–Kier alpha value is -2.38. The zero-order chi connectivity index (χ0) is 17.4. The van der Waals surface area contributed by atoms with Gasteiger partial charge in [0.2, 0.25) is 0 Å². The maximum absolute atomic E-state index is 11.6. The zero-order valence-electron chi connectivity index (χ0n) is 13.3. The van der Waals surface area contributed by atoms with Crippen LogP contribution in [0.25, 0.3) is 0 Å². The third-order valence-electron chi connectivity index (χ3n) is 3.27. The van der Waals surface area contributed by atoms with E-state index in [1.54, 1.807) is 43.3 Å². The van der Waals surface area contributed by atoms with Crippen LogP contribution >= 0.6 is 0 Å². The second kappa shape index (κ2) is 9.05. The molecule has 2 aromatic carbocycles. The molecular weight excluding hydrogens is 328 g/mol. The predicted molar refractivity (Wildman–Crippen MR) is 95.4 cm³/mol. The molecule has 0 heterocycles. The number of nitrogens with one attached hydrogen (secondary N) is 1. The van der Waals surface area contributed by atoms with Gasteiger partial charge in [-0.1, -0.05) is 18.2 Å². The van der Waals surface area contributed by atoms with E-state index in [4.69, 9.17) is 4.74 Å². The van der Waals surface area contributed by atoms with Gasteiger partial charge in [0, 0.05) is 12.2 Å². The van der Waals surface area contributed by atoms with Crippen molar-refractivity contribution in [3.63, 3.8) is 0 Å². The highest BCUT2D eigenvalue weighted by Crippen LogP contribution is 2.15. The number of ether oxygens (including phenoxy) is 1. The number of carbonyl (C=O) groups excluding carboxylic acids is 1. The van der Waals surface area contributed by atoms with Crippen LogP contribution in [0.5, 0.6) is 0 Å². The highest BCUT2D eigenvalue weighted by molar-refractivity contribution is 7.80. The third kappa shape index (κ3) is 5.07. The van der Waals surface area contributed by atoms with Crippen molar-refractivity contribution < 1.29 is 18.3 Å². The summed E-state index contributed by atoms with van der Waals surface area (Å²) in [4.78, 5) is 11.6. The fourth-order valence-electron chi connectivity index (χ4n) is 2.13. The van der Waals surface area contributed by atoms with E-state index in [-0.39, 0.29) is 5.97 Å². The average Bonchev–Trinajstić information content (AvgIpc) is 2.60. The predicted octanol–water partition coefficient (Wildman–Crippen LogP) is 2.92. The van der Waals surface area contributed by atoms with E-state index >= 15 is 0 Å². The normalized spacial score (nSPS) is 11.6. The van der Waals surface area contributed by atoms with Crippen LogP contribution in [-0.2, 0) is 16.0 Å². The standard InChI is InChI=1S/C17H20N2O4S/c1-2-23-17(20)14-8-10-15(11-9-14)18-12-13-19(24(21)22)16-6-4-3-5-7-16/h3-11,18H,2,12-13H2,1H3,(H,21,22). The molecule has 0 saturated carbocycles. The van der Waals surface area contributed by atoms with Crippen LogP contribution in [0.4, 0.5) is 11.4 Å². The number of para-hydroxylation sites is 1. The minimum atomic E-state index is -2.09. The highest BCUT2D eigenvalue weighted by atomic mass is 32.2. The van der Waals surface area contributed by atoms with Crippen molar-refractivity contribution in [2.45, 2.75) is 6.92 Å². The molecule has 0 aliphatic heterocycles. The summed E-state index contributed by atoms with van der Waals surface area (Å²) < 4.78 is 27.2. The van der Waals surface area contributed by atoms with Gasteiger partial charge < -0.3 is 10.1 Å². The molecule has 0 radical (unpaired) electrons. The molecule has 2 N–H and O–H groups in total. The summed E-state index contributed by atoms with van der Waals surface area (Å²) in [5, 5.41) is 3.16. The summed E-state index contributed by atoms with van der Waals surface area (Å²) in [6.07, 6.45) is 0. The molecule has 0 saturated heterocycles. The fourth-order valence-corrected chi connectivity index (χ4v) is 2.68. The zero-order valence-corrected chi connectivity index (χ0v) is 14.2. The van der Waals surface area contributed by atoms with Crippen molar-refractivity contribution in [3.8, 4) is 0 Å². The third-order valence-corrected chi connectivity index (χ3v) is 4.04. The molecule has 128 valence electrons. The summed E-state index contributed by atoms with van der Waals surface area (Å²) in [6.45, 7) is 2.93. The van der Waals surface area contributed by atoms with Gasteiger partial charge in [-0.15, -0.1) is 0 Å². The van der Waals surface area contributed by atoms with E-state index < -0.39 is 11.3 Å². The van der Waals surface area contributed by atoms with Gasteiger partial charge >= 0.3 is 5.97 Å². The Morgan fingerprint density at radius 1 is 1.17 bits per heavy atom. The van der Waals surface area contributed by atoms with Gasteiger partial charge in [-0.2, -0.15) is 0 Å². The van der Waals surface area contributed by atoms with Gasteiger partial charge in [0.05, 0.1) is 24.4 Å². The van der Waals surface area contributed by atoms with Gasteiger partial charge in [0.25, 0.3) is 11.3 Å². The molecule has 7 heteroatoms. The minimum Gasteiger partial charge on any atom is -0.462 e. The summed E-state index contributed by atoms with van der Waals surface area (Å²) in [5.41, 5.74) is 1.99. The van der Waals surface area contributed by atoms with Gasteiger partial charge in [-0.3, -0.25) is 8.86 Å². The van der Waals surface area contributed by atoms with Crippen molar-refractivity contribution in [2.24, 2.45) is 0 Å². The van der Waals surface area contributed by atoms with Crippen molar-refractivity contribution in [1.82, 2.24) is 0 Å². The number of rotatable bonds is 8. The molecule has 24 heavy (non-hydrogen) atoms. The van der Waals surface area contributed by atoms with Crippen LogP contribution in [0.2, 0.25) is 0 Å². The maximum Gasteiger partial charge on any atom is 0.338 e. The number of carbonyl (C=O) groups is 1. The van der Waals surface area contributed by atoms with Gasteiger partial charge in [0.15, 0.2) is 0 Å². The van der Waals surface area contributed by atoms with E-state index in [1.807, 2.05) is 18.2 Å². The number of benzene rings is 2. The minimum absolute atomic E-state index is 0.340. The molecule has 6 nitrogen and oxygen atoms in total.